The van der Waals surface area contributed by atoms with Crippen LogP contribution in [0.5, 0.6) is 0 Å². The molecular formula is C16H32N2. The van der Waals surface area contributed by atoms with Crippen LogP contribution in [0.25, 0.3) is 0 Å². The van der Waals surface area contributed by atoms with Gasteiger partial charge in [-0.25, -0.2) is 0 Å². The first-order valence-electron chi connectivity index (χ1n) is 8.11. The van der Waals surface area contributed by atoms with Crippen LogP contribution in [0.3, 0.4) is 0 Å². The van der Waals surface area contributed by atoms with Gasteiger partial charge in [0.2, 0.25) is 0 Å². The molecule has 2 aliphatic carbocycles. The molecule has 0 bridgehead atoms. The highest BCUT2D eigenvalue weighted by molar-refractivity contribution is 5.04. The molecule has 2 unspecified atom stereocenters. The standard InChI is InChI=1S/C16H32N2/c1-4-14-7-5-6-10-16(14,12-17)18(11-13(2)3)15-8-9-15/h13-15H,4-12,17H2,1-3H3. The lowest BCUT2D eigenvalue weighted by atomic mass is 9.70. The summed E-state index contributed by atoms with van der Waals surface area (Å²) in [5.41, 5.74) is 6.64. The average Bonchev–Trinajstić information content (AvgIpc) is 3.19. The second-order valence-electron chi connectivity index (χ2n) is 6.94. The van der Waals surface area contributed by atoms with Crippen LogP contribution in [-0.2, 0) is 0 Å². The molecule has 0 heterocycles. The molecule has 0 aromatic rings. The lowest BCUT2D eigenvalue weighted by molar-refractivity contribution is -0.00998. The van der Waals surface area contributed by atoms with Gasteiger partial charge in [-0.3, -0.25) is 4.90 Å². The maximum atomic E-state index is 6.30. The van der Waals surface area contributed by atoms with E-state index in [-0.39, 0.29) is 0 Å². The largest absolute Gasteiger partial charge is 0.329 e. The maximum absolute atomic E-state index is 6.30. The molecule has 0 spiro atoms. The summed E-state index contributed by atoms with van der Waals surface area (Å²) in [5, 5.41) is 0. The van der Waals surface area contributed by atoms with E-state index in [2.05, 4.69) is 25.7 Å². The molecule has 0 amide bonds. The van der Waals surface area contributed by atoms with Gasteiger partial charge < -0.3 is 5.73 Å². The molecule has 2 rings (SSSR count). The van der Waals surface area contributed by atoms with Crippen molar-refractivity contribution in [2.24, 2.45) is 17.6 Å². The van der Waals surface area contributed by atoms with E-state index < -0.39 is 0 Å². The number of hydrogen-bond donors (Lipinski definition) is 1. The van der Waals surface area contributed by atoms with Gasteiger partial charge in [0.15, 0.2) is 0 Å². The molecule has 2 nitrogen and oxygen atoms in total. The van der Waals surface area contributed by atoms with E-state index in [9.17, 15) is 0 Å². The number of rotatable bonds is 6. The van der Waals surface area contributed by atoms with Gasteiger partial charge in [-0.2, -0.15) is 0 Å². The van der Waals surface area contributed by atoms with Crippen LogP contribution in [0.15, 0.2) is 0 Å². The summed E-state index contributed by atoms with van der Waals surface area (Å²) < 4.78 is 0. The van der Waals surface area contributed by atoms with Gasteiger partial charge in [0.05, 0.1) is 0 Å². The summed E-state index contributed by atoms with van der Waals surface area (Å²) in [4.78, 5) is 2.84. The van der Waals surface area contributed by atoms with Crippen LogP contribution >= 0.6 is 0 Å². The van der Waals surface area contributed by atoms with Crippen molar-refractivity contribution in [1.29, 1.82) is 0 Å². The van der Waals surface area contributed by atoms with Gasteiger partial charge in [0.1, 0.15) is 0 Å². The molecule has 2 heteroatoms. The van der Waals surface area contributed by atoms with Crippen molar-refractivity contribution in [2.45, 2.75) is 77.3 Å². The normalized spacial score (nSPS) is 33.3. The molecular weight excluding hydrogens is 220 g/mol. The Hall–Kier alpha value is -0.0800. The van der Waals surface area contributed by atoms with Gasteiger partial charge in [0, 0.05) is 24.7 Å². The second kappa shape index (κ2) is 5.92. The summed E-state index contributed by atoms with van der Waals surface area (Å²) in [6.07, 6.45) is 9.66. The predicted octanol–water partition coefficient (Wildman–Crippen LogP) is 3.40. The summed E-state index contributed by atoms with van der Waals surface area (Å²) in [7, 11) is 0. The van der Waals surface area contributed by atoms with Crippen molar-refractivity contribution in [1.82, 2.24) is 4.90 Å². The average molecular weight is 252 g/mol. The Bertz CT molecular complexity index is 260. The van der Waals surface area contributed by atoms with E-state index in [0.717, 1.165) is 24.4 Å². The lowest BCUT2D eigenvalue weighted by Crippen LogP contribution is -2.61. The first-order chi connectivity index (χ1) is 8.64. The van der Waals surface area contributed by atoms with E-state index in [1.54, 1.807) is 0 Å². The first-order valence-corrected chi connectivity index (χ1v) is 8.11. The van der Waals surface area contributed by atoms with Crippen molar-refractivity contribution in [2.75, 3.05) is 13.1 Å². The molecule has 0 aromatic carbocycles. The molecule has 0 aromatic heterocycles. The summed E-state index contributed by atoms with van der Waals surface area (Å²) >= 11 is 0. The number of nitrogens with two attached hydrogens (primary N) is 1. The van der Waals surface area contributed by atoms with Crippen LogP contribution in [0.4, 0.5) is 0 Å². The molecule has 2 fully saturated rings. The summed E-state index contributed by atoms with van der Waals surface area (Å²) in [5.74, 6) is 1.59. The number of hydrogen-bond acceptors (Lipinski definition) is 2. The van der Waals surface area contributed by atoms with E-state index in [1.807, 2.05) is 0 Å². The fourth-order valence-electron chi connectivity index (χ4n) is 4.12. The van der Waals surface area contributed by atoms with Crippen molar-refractivity contribution < 1.29 is 0 Å². The third kappa shape index (κ3) is 2.75. The third-order valence-corrected chi connectivity index (χ3v) is 5.14. The quantitative estimate of drug-likeness (QED) is 0.785. The highest BCUT2D eigenvalue weighted by Crippen LogP contribution is 2.45. The zero-order valence-electron chi connectivity index (χ0n) is 12.6. The minimum absolute atomic E-state index is 0.332. The highest BCUT2D eigenvalue weighted by atomic mass is 15.3. The number of nitrogens with zero attached hydrogens (tertiary/aromatic N) is 1. The minimum atomic E-state index is 0.332. The van der Waals surface area contributed by atoms with Crippen LogP contribution in [0.2, 0.25) is 0 Å². The smallest absolute Gasteiger partial charge is 0.0362 e. The molecule has 106 valence electrons. The lowest BCUT2D eigenvalue weighted by Gasteiger charge is -2.52. The summed E-state index contributed by atoms with van der Waals surface area (Å²) in [6, 6.07) is 0.850. The second-order valence-corrected chi connectivity index (χ2v) is 6.94. The Balaban J connectivity index is 2.20. The van der Waals surface area contributed by atoms with Gasteiger partial charge in [-0.05, 0) is 37.5 Å². The van der Waals surface area contributed by atoms with E-state index in [1.165, 1.54) is 51.5 Å². The minimum Gasteiger partial charge on any atom is -0.329 e. The molecule has 2 aliphatic rings. The molecule has 0 saturated heterocycles. The van der Waals surface area contributed by atoms with Crippen molar-refractivity contribution in [3.63, 3.8) is 0 Å². The predicted molar refractivity (Wildman–Crippen MR) is 78.6 cm³/mol. The molecule has 2 atom stereocenters. The van der Waals surface area contributed by atoms with Crippen molar-refractivity contribution in [3.8, 4) is 0 Å². The van der Waals surface area contributed by atoms with Gasteiger partial charge in [0.25, 0.3) is 0 Å². The van der Waals surface area contributed by atoms with Gasteiger partial charge >= 0.3 is 0 Å². The highest BCUT2D eigenvalue weighted by Gasteiger charge is 2.48. The SMILES string of the molecule is CCC1CCCCC1(CN)N(CC(C)C)C1CC1. The monoisotopic (exact) mass is 252 g/mol. The fraction of sp³-hybridized carbons (Fsp3) is 1.00. The van der Waals surface area contributed by atoms with Crippen LogP contribution in [0.1, 0.15) is 65.7 Å². The van der Waals surface area contributed by atoms with E-state index >= 15 is 0 Å². The zero-order valence-corrected chi connectivity index (χ0v) is 12.6. The fourth-order valence-corrected chi connectivity index (χ4v) is 4.12. The topological polar surface area (TPSA) is 29.3 Å². The van der Waals surface area contributed by atoms with Crippen LogP contribution < -0.4 is 5.73 Å². The van der Waals surface area contributed by atoms with Gasteiger partial charge in [-0.1, -0.05) is 40.0 Å². The maximum Gasteiger partial charge on any atom is 0.0362 e. The Morgan fingerprint density at radius 3 is 2.44 bits per heavy atom. The Morgan fingerprint density at radius 1 is 1.22 bits per heavy atom. The summed E-state index contributed by atoms with van der Waals surface area (Å²) in [6.45, 7) is 9.18. The molecule has 2 saturated carbocycles. The Morgan fingerprint density at radius 2 is 1.94 bits per heavy atom. The molecule has 18 heavy (non-hydrogen) atoms. The van der Waals surface area contributed by atoms with E-state index in [4.69, 9.17) is 5.73 Å². The van der Waals surface area contributed by atoms with Gasteiger partial charge in [-0.15, -0.1) is 0 Å². The van der Waals surface area contributed by atoms with Crippen LogP contribution in [0, 0.1) is 11.8 Å². The van der Waals surface area contributed by atoms with E-state index in [0.29, 0.717) is 5.54 Å². The van der Waals surface area contributed by atoms with Crippen molar-refractivity contribution in [3.05, 3.63) is 0 Å². The van der Waals surface area contributed by atoms with Crippen molar-refractivity contribution >= 4 is 0 Å². The molecule has 0 radical (unpaired) electrons. The zero-order chi connectivity index (χ0) is 13.2. The molecule has 2 N–H and O–H groups in total. The first kappa shape index (κ1) is 14.3. The van der Waals surface area contributed by atoms with Crippen LogP contribution in [-0.4, -0.2) is 29.6 Å². The Labute approximate surface area is 113 Å². The third-order valence-electron chi connectivity index (χ3n) is 5.14. The molecule has 0 aliphatic heterocycles. The Kier molecular flexibility index (Phi) is 4.71.